The van der Waals surface area contributed by atoms with Crippen LogP contribution in [-0.2, 0) is 6.54 Å². The van der Waals surface area contributed by atoms with Crippen LogP contribution in [-0.4, -0.2) is 24.5 Å². The highest BCUT2D eigenvalue weighted by Gasteiger charge is 2.23. The summed E-state index contributed by atoms with van der Waals surface area (Å²) in [5, 5.41) is 22.3. The van der Waals surface area contributed by atoms with Crippen LogP contribution in [0.5, 0.6) is 0 Å². The molecule has 0 atom stereocenters. The summed E-state index contributed by atoms with van der Waals surface area (Å²) >= 11 is 1.35. The van der Waals surface area contributed by atoms with E-state index >= 15 is 0 Å². The van der Waals surface area contributed by atoms with Gasteiger partial charge in [0, 0.05) is 11.6 Å². The van der Waals surface area contributed by atoms with Crippen molar-refractivity contribution in [2.24, 2.45) is 0 Å². The van der Waals surface area contributed by atoms with Gasteiger partial charge in [-0.2, -0.15) is 14.5 Å². The Morgan fingerprint density at radius 2 is 2.50 bits per heavy atom. The predicted octanol–water partition coefficient (Wildman–Crippen LogP) is 1.64. The van der Waals surface area contributed by atoms with E-state index in [1.165, 1.54) is 15.7 Å². The van der Waals surface area contributed by atoms with Gasteiger partial charge in [0.15, 0.2) is 0 Å². The average Bonchev–Trinajstić information content (AvgIpc) is 3.01. The molecule has 0 fully saturated rings. The molecule has 3 aromatic rings. The Balaban J connectivity index is 1.93. The normalized spacial score (nSPS) is 10.9. The highest BCUT2D eigenvalue weighted by atomic mass is 32.1. The minimum atomic E-state index is -0.442. The van der Waals surface area contributed by atoms with Crippen molar-refractivity contribution in [3.63, 3.8) is 0 Å². The predicted molar refractivity (Wildman–Crippen MR) is 65.6 cm³/mol. The molecule has 0 saturated carbocycles. The number of nitrogens with zero attached hydrogens (tertiary/aromatic N) is 4. The van der Waals surface area contributed by atoms with Crippen LogP contribution < -0.4 is 5.32 Å². The fourth-order valence-corrected chi connectivity index (χ4v) is 2.34. The fraction of sp³-hybridized carbons (Fsp3) is 0.111. The third-order valence-electron chi connectivity index (χ3n) is 2.41. The lowest BCUT2D eigenvalue weighted by Gasteiger charge is -2.00. The quantitative estimate of drug-likeness (QED) is 0.551. The summed E-state index contributed by atoms with van der Waals surface area (Å²) < 4.78 is 1.46. The lowest BCUT2D eigenvalue weighted by Crippen LogP contribution is -2.03. The number of fused-ring (bicyclic) bond motifs is 1. The van der Waals surface area contributed by atoms with E-state index in [1.807, 2.05) is 0 Å². The molecule has 92 valence electrons. The molecule has 18 heavy (non-hydrogen) atoms. The Hall–Kier alpha value is -2.42. The van der Waals surface area contributed by atoms with E-state index in [4.69, 9.17) is 0 Å². The molecule has 0 aliphatic carbocycles. The van der Waals surface area contributed by atoms with E-state index in [-0.39, 0.29) is 11.6 Å². The summed E-state index contributed by atoms with van der Waals surface area (Å²) in [5.41, 5.74) is 0.834. The zero-order valence-electron chi connectivity index (χ0n) is 9.03. The van der Waals surface area contributed by atoms with Crippen molar-refractivity contribution in [1.82, 2.24) is 19.6 Å². The highest BCUT2D eigenvalue weighted by Crippen LogP contribution is 2.28. The Kier molecular flexibility index (Phi) is 2.45. The van der Waals surface area contributed by atoms with Gasteiger partial charge in [-0.3, -0.25) is 5.10 Å². The van der Waals surface area contributed by atoms with E-state index in [2.05, 4.69) is 20.5 Å². The first-order chi connectivity index (χ1) is 8.75. The van der Waals surface area contributed by atoms with E-state index in [0.717, 1.165) is 5.69 Å². The molecule has 3 aromatic heterocycles. The largest absolute Gasteiger partial charge is 0.372 e. The summed E-state index contributed by atoms with van der Waals surface area (Å²) in [7, 11) is 0. The number of hydrogen-bond acceptors (Lipinski definition) is 6. The van der Waals surface area contributed by atoms with E-state index in [1.54, 1.807) is 23.8 Å². The van der Waals surface area contributed by atoms with Crippen molar-refractivity contribution in [2.45, 2.75) is 6.54 Å². The van der Waals surface area contributed by atoms with Crippen LogP contribution in [0.4, 0.5) is 11.6 Å². The van der Waals surface area contributed by atoms with Gasteiger partial charge in [0.25, 0.3) is 4.96 Å². The van der Waals surface area contributed by atoms with Gasteiger partial charge in [0.05, 0.1) is 12.2 Å². The van der Waals surface area contributed by atoms with Crippen molar-refractivity contribution in [2.75, 3.05) is 5.32 Å². The third kappa shape index (κ3) is 1.70. The summed E-state index contributed by atoms with van der Waals surface area (Å²) in [6.45, 7) is 0.408. The molecule has 0 aliphatic heterocycles. The molecule has 2 N–H and O–H groups in total. The van der Waals surface area contributed by atoms with Crippen molar-refractivity contribution in [3.05, 3.63) is 39.6 Å². The van der Waals surface area contributed by atoms with Crippen LogP contribution in [0, 0.1) is 10.1 Å². The maximum absolute atomic E-state index is 11.0. The van der Waals surface area contributed by atoms with Crippen LogP contribution in [0.3, 0.4) is 0 Å². The van der Waals surface area contributed by atoms with Crippen molar-refractivity contribution in [1.29, 1.82) is 0 Å². The molecule has 0 amide bonds. The Morgan fingerprint density at radius 1 is 1.61 bits per heavy atom. The fourth-order valence-electron chi connectivity index (χ4n) is 1.63. The van der Waals surface area contributed by atoms with E-state index < -0.39 is 4.92 Å². The summed E-state index contributed by atoms with van der Waals surface area (Å²) in [6.07, 6.45) is 3.25. The Morgan fingerprint density at radius 3 is 3.22 bits per heavy atom. The smallest absolute Gasteiger partial charge is 0.358 e. The second kappa shape index (κ2) is 4.11. The second-order valence-corrected chi connectivity index (χ2v) is 4.41. The van der Waals surface area contributed by atoms with Gasteiger partial charge in [-0.15, -0.1) is 0 Å². The van der Waals surface area contributed by atoms with Crippen molar-refractivity contribution >= 4 is 27.9 Å². The zero-order chi connectivity index (χ0) is 12.5. The molecule has 9 heteroatoms. The van der Waals surface area contributed by atoms with E-state index in [9.17, 15) is 10.1 Å². The molecule has 3 heterocycles. The van der Waals surface area contributed by atoms with Crippen LogP contribution in [0.15, 0.2) is 23.8 Å². The molecule has 3 rings (SSSR count). The minimum Gasteiger partial charge on any atom is -0.358 e. The molecule has 0 radical (unpaired) electrons. The van der Waals surface area contributed by atoms with Crippen LogP contribution in [0.25, 0.3) is 4.96 Å². The Labute approximate surface area is 104 Å². The number of rotatable bonds is 4. The van der Waals surface area contributed by atoms with Crippen molar-refractivity contribution < 1.29 is 4.92 Å². The lowest BCUT2D eigenvalue weighted by molar-refractivity contribution is -0.389. The first kappa shape index (κ1) is 10.7. The van der Waals surface area contributed by atoms with Gasteiger partial charge < -0.3 is 15.4 Å². The summed E-state index contributed by atoms with van der Waals surface area (Å²) in [6, 6.07) is 1.79. The topological polar surface area (TPSA) is 101 Å². The molecule has 0 spiro atoms. The van der Waals surface area contributed by atoms with Crippen molar-refractivity contribution in [3.8, 4) is 0 Å². The average molecular weight is 264 g/mol. The molecule has 0 saturated heterocycles. The van der Waals surface area contributed by atoms with Crippen LogP contribution in [0.1, 0.15) is 5.69 Å². The molecule has 0 bridgehead atoms. The number of H-pyrrole nitrogens is 1. The molecule has 0 aromatic carbocycles. The number of hydrogen-bond donors (Lipinski definition) is 2. The van der Waals surface area contributed by atoms with Gasteiger partial charge in [0.2, 0.25) is 5.82 Å². The lowest BCUT2D eigenvalue weighted by atomic mass is 10.4. The van der Waals surface area contributed by atoms with Gasteiger partial charge in [-0.05, 0) is 11.0 Å². The molecular formula is C9H8N6O2S. The Bertz CT molecular complexity index is 685. The number of nitro groups is 1. The number of imidazole rings is 1. The standard InChI is InChI=1S/C9H8N6O2S/c16-15(17)8-7(10-5-6-1-2-11-13-6)12-9-14(8)3-4-18-9/h1-4,10H,5H2,(H,11,13). The number of aromatic nitrogens is 4. The van der Waals surface area contributed by atoms with Gasteiger partial charge in [0.1, 0.15) is 6.20 Å². The number of nitrogens with one attached hydrogen (secondary N) is 2. The molecular weight excluding hydrogens is 256 g/mol. The second-order valence-electron chi connectivity index (χ2n) is 3.53. The van der Waals surface area contributed by atoms with Gasteiger partial charge >= 0.3 is 5.82 Å². The van der Waals surface area contributed by atoms with Gasteiger partial charge in [-0.1, -0.05) is 11.3 Å². The highest BCUT2D eigenvalue weighted by molar-refractivity contribution is 7.15. The van der Waals surface area contributed by atoms with E-state index in [0.29, 0.717) is 11.5 Å². The maximum Gasteiger partial charge on any atom is 0.372 e. The number of aromatic amines is 1. The first-order valence-corrected chi connectivity index (χ1v) is 5.96. The monoisotopic (exact) mass is 264 g/mol. The third-order valence-corrected chi connectivity index (χ3v) is 3.17. The summed E-state index contributed by atoms with van der Waals surface area (Å²) in [4.78, 5) is 15.4. The van der Waals surface area contributed by atoms with Crippen LogP contribution in [0.2, 0.25) is 0 Å². The SMILES string of the molecule is O=[N+]([O-])c1c(NCc2ccn[nH]2)nc2sccn12. The molecule has 0 unspecified atom stereocenters. The molecule has 0 aliphatic rings. The molecule has 8 nitrogen and oxygen atoms in total. The maximum atomic E-state index is 11.0. The van der Waals surface area contributed by atoms with Crippen LogP contribution >= 0.6 is 11.3 Å². The minimum absolute atomic E-state index is 0.0502. The zero-order valence-corrected chi connectivity index (χ0v) is 9.85. The first-order valence-electron chi connectivity index (χ1n) is 5.08. The number of thiazole rings is 1. The summed E-state index contributed by atoms with van der Waals surface area (Å²) in [5.74, 6) is 0.215. The van der Waals surface area contributed by atoms with Gasteiger partial charge in [-0.25, -0.2) is 0 Å². The number of anilines is 1.